The number of hydrogen-bond donors (Lipinski definition) is 2. The monoisotopic (exact) mass is 244 g/mol. The van der Waals surface area contributed by atoms with Gasteiger partial charge in [0.1, 0.15) is 0 Å². The second kappa shape index (κ2) is 5.81. The summed E-state index contributed by atoms with van der Waals surface area (Å²) < 4.78 is 1.73. The molecule has 0 radical (unpaired) electrons. The number of aromatic nitrogens is 3. The maximum Gasteiger partial charge on any atom is 0.190 e. The summed E-state index contributed by atoms with van der Waals surface area (Å²) in [7, 11) is 3.57. The molecular weight excluding hydrogens is 228 g/mol. The molecule has 0 fully saturated rings. The highest BCUT2D eigenvalue weighted by molar-refractivity contribution is 5.79. The third-order valence-electron chi connectivity index (χ3n) is 2.47. The van der Waals surface area contributed by atoms with E-state index in [-0.39, 0.29) is 0 Å². The Morgan fingerprint density at radius 2 is 2.33 bits per heavy atom. The average Bonchev–Trinajstić information content (AvgIpc) is 2.94. The molecule has 0 aliphatic rings. The van der Waals surface area contributed by atoms with Crippen LogP contribution >= 0.6 is 0 Å². The standard InChI is InChI=1S/C12H16N6/c1-13-12(14-2)16-9-10-4-6-15-11(8-10)18-7-3-5-17-18/h3-8H,9H2,1-2H3,(H2,13,14,16). The lowest BCUT2D eigenvalue weighted by Crippen LogP contribution is -2.34. The van der Waals surface area contributed by atoms with Crippen molar-refractivity contribution in [2.45, 2.75) is 6.54 Å². The first kappa shape index (κ1) is 12.1. The molecule has 2 heterocycles. The average molecular weight is 244 g/mol. The van der Waals surface area contributed by atoms with Crippen LogP contribution in [0.4, 0.5) is 0 Å². The molecule has 0 aliphatic carbocycles. The molecule has 2 N–H and O–H groups in total. The zero-order valence-electron chi connectivity index (χ0n) is 10.5. The first-order valence-electron chi connectivity index (χ1n) is 5.67. The number of nitrogens with zero attached hydrogens (tertiary/aromatic N) is 4. The van der Waals surface area contributed by atoms with Crippen LogP contribution in [0.5, 0.6) is 0 Å². The summed E-state index contributed by atoms with van der Waals surface area (Å²) in [5, 5.41) is 10.3. The van der Waals surface area contributed by atoms with Gasteiger partial charge in [-0.25, -0.2) is 9.67 Å². The molecule has 0 aliphatic heterocycles. The van der Waals surface area contributed by atoms with Gasteiger partial charge in [-0.2, -0.15) is 5.10 Å². The molecule has 94 valence electrons. The van der Waals surface area contributed by atoms with Crippen molar-refractivity contribution >= 4 is 5.96 Å². The van der Waals surface area contributed by atoms with E-state index in [9.17, 15) is 0 Å². The largest absolute Gasteiger partial charge is 0.359 e. The highest BCUT2D eigenvalue weighted by Crippen LogP contribution is 2.05. The van der Waals surface area contributed by atoms with Crippen LogP contribution in [-0.4, -0.2) is 34.8 Å². The number of guanidine groups is 1. The van der Waals surface area contributed by atoms with Crippen LogP contribution in [-0.2, 0) is 6.54 Å². The van der Waals surface area contributed by atoms with Crippen LogP contribution in [0, 0.1) is 0 Å². The Balaban J connectivity index is 2.09. The molecule has 0 spiro atoms. The van der Waals surface area contributed by atoms with Crippen molar-refractivity contribution in [2.75, 3.05) is 14.1 Å². The second-order valence-electron chi connectivity index (χ2n) is 3.65. The predicted octanol–water partition coefficient (Wildman–Crippen LogP) is 0.562. The Hall–Kier alpha value is -2.37. The van der Waals surface area contributed by atoms with Gasteiger partial charge in [-0.05, 0) is 23.8 Å². The van der Waals surface area contributed by atoms with Gasteiger partial charge in [-0.3, -0.25) is 4.99 Å². The molecule has 2 rings (SSSR count). The molecule has 0 bridgehead atoms. The van der Waals surface area contributed by atoms with Gasteiger partial charge in [0, 0.05) is 39.2 Å². The van der Waals surface area contributed by atoms with E-state index >= 15 is 0 Å². The van der Waals surface area contributed by atoms with Crippen LogP contribution in [0.25, 0.3) is 5.82 Å². The van der Waals surface area contributed by atoms with E-state index in [0.717, 1.165) is 17.3 Å². The lowest BCUT2D eigenvalue weighted by Gasteiger charge is -2.09. The number of hydrogen-bond acceptors (Lipinski definition) is 3. The van der Waals surface area contributed by atoms with Crippen LogP contribution in [0.1, 0.15) is 5.56 Å². The molecule has 0 saturated carbocycles. The Kier molecular flexibility index (Phi) is 3.90. The molecular formula is C12H16N6. The summed E-state index contributed by atoms with van der Waals surface area (Å²) in [5.41, 5.74) is 1.12. The summed E-state index contributed by atoms with van der Waals surface area (Å²) in [6.07, 6.45) is 5.37. The van der Waals surface area contributed by atoms with Crippen LogP contribution < -0.4 is 10.6 Å². The van der Waals surface area contributed by atoms with Crippen molar-refractivity contribution in [3.8, 4) is 5.82 Å². The van der Waals surface area contributed by atoms with E-state index in [2.05, 4.69) is 25.7 Å². The smallest absolute Gasteiger partial charge is 0.190 e. The molecule has 0 saturated heterocycles. The Morgan fingerprint density at radius 1 is 1.44 bits per heavy atom. The van der Waals surface area contributed by atoms with E-state index in [1.807, 2.05) is 31.4 Å². The van der Waals surface area contributed by atoms with Gasteiger partial charge >= 0.3 is 0 Å². The fourth-order valence-electron chi connectivity index (χ4n) is 1.57. The maximum atomic E-state index is 4.28. The third-order valence-corrected chi connectivity index (χ3v) is 2.47. The van der Waals surface area contributed by atoms with Crippen LogP contribution in [0.15, 0.2) is 41.8 Å². The van der Waals surface area contributed by atoms with Gasteiger partial charge < -0.3 is 10.6 Å². The quantitative estimate of drug-likeness (QED) is 0.611. The normalized spacial score (nSPS) is 11.3. The number of aliphatic imine (C=N–C) groups is 1. The van der Waals surface area contributed by atoms with Crippen LogP contribution in [0.2, 0.25) is 0 Å². The molecule has 0 atom stereocenters. The Bertz CT molecular complexity index is 517. The molecule has 2 aromatic rings. The van der Waals surface area contributed by atoms with E-state index in [4.69, 9.17) is 0 Å². The molecule has 6 nitrogen and oxygen atoms in total. The van der Waals surface area contributed by atoms with Gasteiger partial charge in [0.25, 0.3) is 0 Å². The molecule has 2 aromatic heterocycles. The number of pyridine rings is 1. The summed E-state index contributed by atoms with van der Waals surface area (Å²) in [4.78, 5) is 8.33. The van der Waals surface area contributed by atoms with Gasteiger partial charge in [0.2, 0.25) is 0 Å². The third kappa shape index (κ3) is 2.85. The molecule has 18 heavy (non-hydrogen) atoms. The van der Waals surface area contributed by atoms with Crippen LogP contribution in [0.3, 0.4) is 0 Å². The zero-order valence-corrected chi connectivity index (χ0v) is 10.5. The first-order valence-corrected chi connectivity index (χ1v) is 5.67. The predicted molar refractivity (Wildman–Crippen MR) is 70.6 cm³/mol. The van der Waals surface area contributed by atoms with Crippen molar-refractivity contribution in [2.24, 2.45) is 4.99 Å². The molecule has 6 heteroatoms. The van der Waals surface area contributed by atoms with Crippen molar-refractivity contribution < 1.29 is 0 Å². The highest BCUT2D eigenvalue weighted by atomic mass is 15.3. The minimum atomic E-state index is 0.685. The van der Waals surface area contributed by atoms with Crippen molar-refractivity contribution in [1.29, 1.82) is 0 Å². The highest BCUT2D eigenvalue weighted by Gasteiger charge is 2.00. The first-order chi connectivity index (χ1) is 8.83. The van der Waals surface area contributed by atoms with Gasteiger partial charge in [-0.1, -0.05) is 0 Å². The zero-order chi connectivity index (χ0) is 12.8. The minimum absolute atomic E-state index is 0.685. The molecule has 0 amide bonds. The lowest BCUT2D eigenvalue weighted by molar-refractivity contribution is 0.827. The van der Waals surface area contributed by atoms with Gasteiger partial charge in [-0.15, -0.1) is 0 Å². The van der Waals surface area contributed by atoms with Gasteiger partial charge in [0.15, 0.2) is 11.8 Å². The van der Waals surface area contributed by atoms with Gasteiger partial charge in [0.05, 0.1) is 0 Å². The number of rotatable bonds is 3. The topological polar surface area (TPSA) is 67.1 Å². The summed E-state index contributed by atoms with van der Waals surface area (Å²) >= 11 is 0. The fraction of sp³-hybridized carbons (Fsp3) is 0.250. The summed E-state index contributed by atoms with van der Waals surface area (Å²) in [6.45, 7) is 0.685. The van der Waals surface area contributed by atoms with Crippen molar-refractivity contribution in [3.63, 3.8) is 0 Å². The minimum Gasteiger partial charge on any atom is -0.359 e. The van der Waals surface area contributed by atoms with E-state index in [0.29, 0.717) is 6.54 Å². The summed E-state index contributed by atoms with van der Waals surface area (Å²) in [6, 6.07) is 5.82. The lowest BCUT2D eigenvalue weighted by atomic mass is 10.2. The molecule has 0 aromatic carbocycles. The Labute approximate surface area is 106 Å². The fourth-order valence-corrected chi connectivity index (χ4v) is 1.57. The van der Waals surface area contributed by atoms with Crippen molar-refractivity contribution in [3.05, 3.63) is 42.4 Å². The second-order valence-corrected chi connectivity index (χ2v) is 3.65. The van der Waals surface area contributed by atoms with Crippen molar-refractivity contribution in [1.82, 2.24) is 25.4 Å². The van der Waals surface area contributed by atoms with E-state index in [1.165, 1.54) is 0 Å². The number of nitrogens with one attached hydrogen (secondary N) is 2. The van der Waals surface area contributed by atoms with E-state index in [1.54, 1.807) is 24.1 Å². The molecule has 0 unspecified atom stereocenters. The summed E-state index contributed by atoms with van der Waals surface area (Å²) in [5.74, 6) is 1.56. The van der Waals surface area contributed by atoms with E-state index < -0.39 is 0 Å². The SMILES string of the molecule is CN=C(NC)NCc1ccnc(-n2cccn2)c1. The maximum absolute atomic E-state index is 4.28. The Morgan fingerprint density at radius 3 is 3.00 bits per heavy atom.